The Kier molecular flexibility index (Phi) is 5.03. The minimum Gasteiger partial charge on any atom is -0.352 e. The fourth-order valence-corrected chi connectivity index (χ4v) is 3.13. The lowest BCUT2D eigenvalue weighted by Crippen LogP contribution is -2.39. The highest BCUT2D eigenvalue weighted by molar-refractivity contribution is 5.94. The van der Waals surface area contributed by atoms with E-state index < -0.39 is 0 Å². The van der Waals surface area contributed by atoms with E-state index in [1.807, 2.05) is 12.1 Å². The van der Waals surface area contributed by atoms with Crippen LogP contribution in [0.4, 0.5) is 17.5 Å². The van der Waals surface area contributed by atoms with Crippen LogP contribution >= 0.6 is 0 Å². The number of ketones is 1. The summed E-state index contributed by atoms with van der Waals surface area (Å²) in [6, 6.07) is 7.81. The van der Waals surface area contributed by atoms with E-state index >= 15 is 0 Å². The second-order valence-electron chi connectivity index (χ2n) is 6.15. The highest BCUT2D eigenvalue weighted by Crippen LogP contribution is 2.25. The van der Waals surface area contributed by atoms with Crippen LogP contribution in [0.1, 0.15) is 49.9 Å². The highest BCUT2D eigenvalue weighted by Gasteiger charge is 2.22. The quantitative estimate of drug-likeness (QED) is 0.847. The zero-order chi connectivity index (χ0) is 16.9. The molecule has 1 aliphatic heterocycles. The number of aromatic nitrogens is 3. The van der Waals surface area contributed by atoms with Gasteiger partial charge in [0, 0.05) is 23.8 Å². The molecule has 1 atom stereocenters. The molecule has 0 aliphatic carbocycles. The second-order valence-corrected chi connectivity index (χ2v) is 6.15. The van der Waals surface area contributed by atoms with Gasteiger partial charge in [0.15, 0.2) is 11.6 Å². The Morgan fingerprint density at radius 2 is 2.08 bits per heavy atom. The van der Waals surface area contributed by atoms with Gasteiger partial charge < -0.3 is 10.2 Å². The lowest BCUT2D eigenvalue weighted by molar-refractivity contribution is 0.101. The van der Waals surface area contributed by atoms with Crippen LogP contribution < -0.4 is 10.2 Å². The van der Waals surface area contributed by atoms with E-state index in [0.29, 0.717) is 17.6 Å². The van der Waals surface area contributed by atoms with Crippen LogP contribution in [0.3, 0.4) is 0 Å². The molecule has 6 nitrogen and oxygen atoms in total. The van der Waals surface area contributed by atoms with Crippen molar-refractivity contribution in [1.29, 1.82) is 0 Å². The first-order chi connectivity index (χ1) is 11.7. The van der Waals surface area contributed by atoms with Crippen molar-refractivity contribution in [2.75, 3.05) is 16.8 Å². The monoisotopic (exact) mass is 325 g/mol. The van der Waals surface area contributed by atoms with Gasteiger partial charge in [-0.3, -0.25) is 4.79 Å². The molecule has 1 N–H and O–H groups in total. The molecule has 2 heterocycles. The fraction of sp³-hybridized carbons (Fsp3) is 0.444. The van der Waals surface area contributed by atoms with Crippen LogP contribution in [0.2, 0.25) is 0 Å². The molecule has 2 aromatic rings. The molecule has 126 valence electrons. The molecular weight excluding hydrogens is 302 g/mol. The standard InChI is InChI=1S/C18H23N5O/c1-3-16-6-4-5-11-23(16)17-12-19-22-18(21-17)20-15-9-7-14(8-10-15)13(2)24/h7-10,12,16H,3-6,11H2,1-2H3,(H,20,21,22). The van der Waals surface area contributed by atoms with E-state index in [-0.39, 0.29) is 5.78 Å². The number of rotatable bonds is 5. The molecule has 1 unspecified atom stereocenters. The summed E-state index contributed by atoms with van der Waals surface area (Å²) in [6.45, 7) is 4.79. The van der Waals surface area contributed by atoms with Crippen LogP contribution in [-0.4, -0.2) is 33.6 Å². The molecule has 1 saturated heterocycles. The average molecular weight is 325 g/mol. The van der Waals surface area contributed by atoms with Gasteiger partial charge in [-0.1, -0.05) is 6.92 Å². The number of carbonyl (C=O) groups is 1. The lowest BCUT2D eigenvalue weighted by Gasteiger charge is -2.35. The zero-order valence-corrected chi connectivity index (χ0v) is 14.2. The van der Waals surface area contributed by atoms with Crippen molar-refractivity contribution in [2.24, 2.45) is 0 Å². The molecule has 0 saturated carbocycles. The Labute approximate surface area is 142 Å². The smallest absolute Gasteiger partial charge is 0.249 e. The van der Waals surface area contributed by atoms with Crippen LogP contribution in [0.15, 0.2) is 30.5 Å². The summed E-state index contributed by atoms with van der Waals surface area (Å²) < 4.78 is 0. The molecule has 6 heteroatoms. The summed E-state index contributed by atoms with van der Waals surface area (Å²) >= 11 is 0. The van der Waals surface area contributed by atoms with Crippen molar-refractivity contribution in [2.45, 2.75) is 45.6 Å². The maximum Gasteiger partial charge on any atom is 0.249 e. The van der Waals surface area contributed by atoms with Crippen LogP contribution in [0, 0.1) is 0 Å². The predicted octanol–water partition coefficient (Wildman–Crippen LogP) is 3.59. The summed E-state index contributed by atoms with van der Waals surface area (Å²) in [6.07, 6.45) is 6.52. The van der Waals surface area contributed by atoms with E-state index in [2.05, 4.69) is 32.3 Å². The van der Waals surface area contributed by atoms with E-state index in [9.17, 15) is 4.79 Å². The van der Waals surface area contributed by atoms with Gasteiger partial charge in [0.1, 0.15) is 0 Å². The Morgan fingerprint density at radius 3 is 2.79 bits per heavy atom. The van der Waals surface area contributed by atoms with E-state index in [4.69, 9.17) is 0 Å². The molecule has 0 radical (unpaired) electrons. The first-order valence-corrected chi connectivity index (χ1v) is 8.51. The maximum absolute atomic E-state index is 11.3. The second kappa shape index (κ2) is 7.38. The topological polar surface area (TPSA) is 71.0 Å². The van der Waals surface area contributed by atoms with Crippen LogP contribution in [0.25, 0.3) is 0 Å². The summed E-state index contributed by atoms with van der Waals surface area (Å²) in [5.41, 5.74) is 1.53. The average Bonchev–Trinajstić information content (AvgIpc) is 2.62. The first kappa shape index (κ1) is 16.4. The SMILES string of the molecule is CCC1CCCCN1c1cnnc(Nc2ccc(C(C)=O)cc2)n1. The van der Waals surface area contributed by atoms with Gasteiger partial charge in [-0.05, 0) is 56.9 Å². The number of nitrogens with zero attached hydrogens (tertiary/aromatic N) is 4. The van der Waals surface area contributed by atoms with Gasteiger partial charge in [-0.15, -0.1) is 5.10 Å². The fourth-order valence-electron chi connectivity index (χ4n) is 3.13. The number of anilines is 3. The number of nitrogens with one attached hydrogen (secondary N) is 1. The zero-order valence-electron chi connectivity index (χ0n) is 14.2. The van der Waals surface area contributed by atoms with Gasteiger partial charge in [0.25, 0.3) is 0 Å². The third-order valence-corrected chi connectivity index (χ3v) is 4.49. The number of Topliss-reactive ketones (excluding diaryl/α,β-unsaturated/α-hetero) is 1. The molecule has 1 aromatic carbocycles. The summed E-state index contributed by atoms with van der Waals surface area (Å²) in [4.78, 5) is 18.3. The van der Waals surface area contributed by atoms with Gasteiger partial charge in [0.05, 0.1) is 6.20 Å². The van der Waals surface area contributed by atoms with Crippen molar-refractivity contribution in [3.8, 4) is 0 Å². The van der Waals surface area contributed by atoms with E-state index in [1.54, 1.807) is 25.3 Å². The maximum atomic E-state index is 11.3. The molecule has 1 aromatic heterocycles. The predicted molar refractivity (Wildman–Crippen MR) is 94.8 cm³/mol. The molecule has 3 rings (SSSR count). The third-order valence-electron chi connectivity index (χ3n) is 4.49. The Morgan fingerprint density at radius 1 is 1.29 bits per heavy atom. The van der Waals surface area contributed by atoms with Crippen molar-refractivity contribution in [1.82, 2.24) is 15.2 Å². The molecular formula is C18H23N5O. The van der Waals surface area contributed by atoms with Gasteiger partial charge in [0.2, 0.25) is 5.95 Å². The number of carbonyl (C=O) groups excluding carboxylic acids is 1. The summed E-state index contributed by atoms with van der Waals surface area (Å²) in [5, 5.41) is 11.3. The number of benzene rings is 1. The highest BCUT2D eigenvalue weighted by atomic mass is 16.1. The van der Waals surface area contributed by atoms with Gasteiger partial charge >= 0.3 is 0 Å². The minimum absolute atomic E-state index is 0.0529. The van der Waals surface area contributed by atoms with Crippen LogP contribution in [0.5, 0.6) is 0 Å². The largest absolute Gasteiger partial charge is 0.352 e. The summed E-state index contributed by atoms with van der Waals surface area (Å²) in [7, 11) is 0. The lowest BCUT2D eigenvalue weighted by atomic mass is 10.0. The molecule has 1 aliphatic rings. The minimum atomic E-state index is 0.0529. The molecule has 0 spiro atoms. The molecule has 0 amide bonds. The normalized spacial score (nSPS) is 17.6. The van der Waals surface area contributed by atoms with Gasteiger partial charge in [-0.2, -0.15) is 10.1 Å². The van der Waals surface area contributed by atoms with Crippen molar-refractivity contribution >= 4 is 23.2 Å². The van der Waals surface area contributed by atoms with E-state index in [0.717, 1.165) is 24.5 Å². The van der Waals surface area contributed by atoms with Crippen molar-refractivity contribution in [3.63, 3.8) is 0 Å². The van der Waals surface area contributed by atoms with Gasteiger partial charge in [-0.25, -0.2) is 0 Å². The number of hydrogen-bond acceptors (Lipinski definition) is 6. The number of piperidine rings is 1. The Balaban J connectivity index is 1.76. The summed E-state index contributed by atoms with van der Waals surface area (Å²) in [5.74, 6) is 1.40. The van der Waals surface area contributed by atoms with E-state index in [1.165, 1.54) is 19.3 Å². The van der Waals surface area contributed by atoms with Crippen molar-refractivity contribution < 1.29 is 4.79 Å². The molecule has 24 heavy (non-hydrogen) atoms. The first-order valence-electron chi connectivity index (χ1n) is 8.51. The number of hydrogen-bond donors (Lipinski definition) is 1. The third kappa shape index (κ3) is 3.69. The molecule has 0 bridgehead atoms. The van der Waals surface area contributed by atoms with Crippen LogP contribution in [-0.2, 0) is 0 Å². The Hall–Kier alpha value is -2.50. The Bertz CT molecular complexity index is 701. The molecule has 1 fully saturated rings. The van der Waals surface area contributed by atoms with Crippen molar-refractivity contribution in [3.05, 3.63) is 36.0 Å².